The van der Waals surface area contributed by atoms with Gasteiger partial charge in [0.25, 0.3) is 0 Å². The third kappa shape index (κ3) is 4.95. The Kier molecular flexibility index (Phi) is 6.32. The van der Waals surface area contributed by atoms with E-state index in [0.717, 1.165) is 65.2 Å². The van der Waals surface area contributed by atoms with Gasteiger partial charge in [0.2, 0.25) is 0 Å². The van der Waals surface area contributed by atoms with Crippen LogP contribution >= 0.6 is 0 Å². The van der Waals surface area contributed by atoms with Gasteiger partial charge in [0, 0.05) is 51.9 Å². The van der Waals surface area contributed by atoms with E-state index < -0.39 is 0 Å². The molecule has 2 aliphatic rings. The average Bonchev–Trinajstić information content (AvgIpc) is 2.65. The molecule has 0 bridgehead atoms. The van der Waals surface area contributed by atoms with E-state index in [-0.39, 0.29) is 6.03 Å². The normalized spacial score (nSPS) is 20.6. The van der Waals surface area contributed by atoms with Crippen molar-refractivity contribution in [3.8, 4) is 0 Å². The quantitative estimate of drug-likeness (QED) is 0.911. The molecule has 0 radical (unpaired) electrons. The van der Waals surface area contributed by atoms with Crippen LogP contribution in [-0.2, 0) is 6.54 Å². The smallest absolute Gasteiger partial charge is 0.317 e. The van der Waals surface area contributed by atoms with Crippen LogP contribution in [0.5, 0.6) is 0 Å². The second-order valence-electron chi connectivity index (χ2n) is 7.35. The number of carbonyl (C=O) groups excluding carboxylic acids is 1. The van der Waals surface area contributed by atoms with Gasteiger partial charge in [-0.05, 0) is 37.4 Å². The van der Waals surface area contributed by atoms with Crippen LogP contribution in [0.25, 0.3) is 0 Å². The molecule has 0 spiro atoms. The molecule has 2 fully saturated rings. The Bertz CT molecular complexity index is 561. The summed E-state index contributed by atoms with van der Waals surface area (Å²) in [5.74, 6) is 0. The van der Waals surface area contributed by atoms with Crippen LogP contribution in [0.2, 0.25) is 0 Å². The predicted octanol–water partition coefficient (Wildman–Crippen LogP) is 2.31. The van der Waals surface area contributed by atoms with Gasteiger partial charge >= 0.3 is 6.03 Å². The van der Waals surface area contributed by atoms with E-state index in [4.69, 9.17) is 0 Å². The number of urea groups is 1. The minimum absolute atomic E-state index is 0.133. The number of aryl methyl sites for hydroxylation is 1. The van der Waals surface area contributed by atoms with E-state index in [1.165, 1.54) is 11.1 Å². The van der Waals surface area contributed by atoms with Crippen molar-refractivity contribution in [3.05, 3.63) is 35.4 Å². The van der Waals surface area contributed by atoms with Crippen LogP contribution in [0.15, 0.2) is 24.3 Å². The first-order chi connectivity index (χ1) is 12.2. The second-order valence-corrected chi connectivity index (χ2v) is 7.35. The maximum atomic E-state index is 12.5. The summed E-state index contributed by atoms with van der Waals surface area (Å²) in [6.07, 6.45) is 2.10. The number of likely N-dealkylation sites (tertiary alicyclic amines) is 1. The fourth-order valence-electron chi connectivity index (χ4n) is 3.80. The number of benzene rings is 1. The third-order valence-electron chi connectivity index (χ3n) is 5.68. The van der Waals surface area contributed by atoms with Crippen LogP contribution < -0.4 is 5.32 Å². The predicted molar refractivity (Wildman–Crippen MR) is 102 cm³/mol. The molecule has 2 saturated heterocycles. The summed E-state index contributed by atoms with van der Waals surface area (Å²) in [6.45, 7) is 12.3. The minimum Gasteiger partial charge on any atom is -0.335 e. The van der Waals surface area contributed by atoms with Gasteiger partial charge < -0.3 is 15.1 Å². The fraction of sp³-hybridized carbons (Fsp3) is 0.650. The Morgan fingerprint density at radius 2 is 1.72 bits per heavy atom. The molecule has 5 nitrogen and oxygen atoms in total. The lowest BCUT2D eigenvalue weighted by Crippen LogP contribution is -2.54. The first-order valence-electron chi connectivity index (χ1n) is 9.70. The average molecular weight is 345 g/mol. The second kappa shape index (κ2) is 8.68. The summed E-state index contributed by atoms with van der Waals surface area (Å²) in [6, 6.07) is 9.08. The Balaban J connectivity index is 1.40. The molecule has 2 amide bonds. The molecule has 2 aliphatic heterocycles. The molecule has 0 aliphatic carbocycles. The highest BCUT2D eigenvalue weighted by Crippen LogP contribution is 2.16. The largest absolute Gasteiger partial charge is 0.335 e. The molecule has 1 aromatic rings. The third-order valence-corrected chi connectivity index (χ3v) is 5.68. The van der Waals surface area contributed by atoms with Gasteiger partial charge in [-0.2, -0.15) is 0 Å². The lowest BCUT2D eigenvalue weighted by atomic mass is 10.0. The van der Waals surface area contributed by atoms with E-state index in [1.807, 2.05) is 4.90 Å². The van der Waals surface area contributed by atoms with E-state index in [0.29, 0.717) is 6.04 Å². The number of hydrogen-bond acceptors (Lipinski definition) is 3. The fourth-order valence-corrected chi connectivity index (χ4v) is 3.80. The Hall–Kier alpha value is -1.59. The van der Waals surface area contributed by atoms with Gasteiger partial charge in [-0.25, -0.2) is 4.79 Å². The Morgan fingerprint density at radius 1 is 1.04 bits per heavy atom. The Labute approximate surface area is 152 Å². The molecule has 2 heterocycles. The number of rotatable bonds is 4. The first-order valence-corrected chi connectivity index (χ1v) is 9.70. The zero-order valence-electron chi connectivity index (χ0n) is 15.7. The maximum Gasteiger partial charge on any atom is 0.317 e. The van der Waals surface area contributed by atoms with Gasteiger partial charge in [-0.15, -0.1) is 0 Å². The number of piperazine rings is 1. The molecule has 1 N–H and O–H groups in total. The van der Waals surface area contributed by atoms with Gasteiger partial charge in [-0.1, -0.05) is 31.2 Å². The van der Waals surface area contributed by atoms with Crippen molar-refractivity contribution in [1.29, 1.82) is 0 Å². The van der Waals surface area contributed by atoms with Crippen molar-refractivity contribution in [2.24, 2.45) is 0 Å². The van der Waals surface area contributed by atoms with Crippen LogP contribution in [-0.4, -0.2) is 72.6 Å². The molecule has 0 saturated carbocycles. The molecular formula is C20H32N4O. The van der Waals surface area contributed by atoms with Crippen LogP contribution in [0, 0.1) is 6.92 Å². The highest BCUT2D eigenvalue weighted by Gasteiger charge is 2.25. The van der Waals surface area contributed by atoms with Gasteiger partial charge in [0.1, 0.15) is 0 Å². The van der Waals surface area contributed by atoms with Gasteiger partial charge in [0.05, 0.1) is 0 Å². The monoisotopic (exact) mass is 344 g/mol. The molecule has 5 heteroatoms. The summed E-state index contributed by atoms with van der Waals surface area (Å²) < 4.78 is 0. The molecular weight excluding hydrogens is 312 g/mol. The molecule has 0 atom stereocenters. The summed E-state index contributed by atoms with van der Waals surface area (Å²) in [7, 11) is 0. The molecule has 3 rings (SSSR count). The molecule has 1 aromatic carbocycles. The number of likely N-dealkylation sites (N-methyl/N-ethyl adjacent to an activating group) is 1. The first kappa shape index (κ1) is 18.2. The maximum absolute atomic E-state index is 12.5. The summed E-state index contributed by atoms with van der Waals surface area (Å²) in [5.41, 5.74) is 2.78. The van der Waals surface area contributed by atoms with E-state index in [9.17, 15) is 4.79 Å². The SMILES string of the molecule is CCN1CCN(C(=O)NC2CCN(Cc3ccccc3C)CC2)CC1. The molecule has 138 valence electrons. The van der Waals surface area contributed by atoms with Crippen molar-refractivity contribution in [1.82, 2.24) is 20.0 Å². The minimum atomic E-state index is 0.133. The Morgan fingerprint density at radius 3 is 2.36 bits per heavy atom. The highest BCUT2D eigenvalue weighted by atomic mass is 16.2. The number of nitrogens with one attached hydrogen (secondary N) is 1. The highest BCUT2D eigenvalue weighted by molar-refractivity contribution is 5.74. The van der Waals surface area contributed by atoms with E-state index >= 15 is 0 Å². The van der Waals surface area contributed by atoms with Crippen molar-refractivity contribution in [2.75, 3.05) is 45.8 Å². The van der Waals surface area contributed by atoms with Crippen LogP contribution in [0.1, 0.15) is 30.9 Å². The number of carbonyl (C=O) groups is 1. The summed E-state index contributed by atoms with van der Waals surface area (Å²) >= 11 is 0. The van der Waals surface area contributed by atoms with E-state index in [1.54, 1.807) is 0 Å². The van der Waals surface area contributed by atoms with Crippen LogP contribution in [0.3, 0.4) is 0 Å². The van der Waals surface area contributed by atoms with Crippen molar-refractivity contribution < 1.29 is 4.79 Å². The van der Waals surface area contributed by atoms with E-state index in [2.05, 4.69) is 53.2 Å². The zero-order chi connectivity index (χ0) is 17.6. The lowest BCUT2D eigenvalue weighted by Gasteiger charge is -2.37. The van der Waals surface area contributed by atoms with Crippen molar-refractivity contribution in [3.63, 3.8) is 0 Å². The number of amides is 2. The molecule has 0 aromatic heterocycles. The summed E-state index contributed by atoms with van der Waals surface area (Å²) in [5, 5.41) is 3.26. The van der Waals surface area contributed by atoms with Crippen molar-refractivity contribution >= 4 is 6.03 Å². The molecule has 0 unspecified atom stereocenters. The summed E-state index contributed by atoms with van der Waals surface area (Å²) in [4.78, 5) is 19.3. The van der Waals surface area contributed by atoms with Gasteiger partial charge in [0.15, 0.2) is 0 Å². The number of hydrogen-bond donors (Lipinski definition) is 1. The van der Waals surface area contributed by atoms with Gasteiger partial charge in [-0.3, -0.25) is 4.90 Å². The van der Waals surface area contributed by atoms with Crippen LogP contribution in [0.4, 0.5) is 4.79 Å². The zero-order valence-corrected chi connectivity index (χ0v) is 15.7. The van der Waals surface area contributed by atoms with Crippen molar-refractivity contribution in [2.45, 2.75) is 39.3 Å². The molecule has 25 heavy (non-hydrogen) atoms. The topological polar surface area (TPSA) is 38.8 Å². The number of piperidine rings is 1. The lowest BCUT2D eigenvalue weighted by molar-refractivity contribution is 0.134. The standard InChI is InChI=1S/C20H32N4O/c1-3-22-12-14-24(15-13-22)20(25)21-19-8-10-23(11-9-19)16-18-7-5-4-6-17(18)2/h4-7,19H,3,8-16H2,1-2H3,(H,21,25). The number of nitrogens with zero attached hydrogens (tertiary/aromatic N) is 3.